The minimum Gasteiger partial charge on any atom is -0.372 e. The van der Waals surface area contributed by atoms with Gasteiger partial charge in [0.25, 0.3) is 0 Å². The summed E-state index contributed by atoms with van der Waals surface area (Å²) in [5.74, 6) is 0.768. The summed E-state index contributed by atoms with van der Waals surface area (Å²) in [5, 5.41) is 7.70. The normalized spacial score (nSPS) is 17.1. The van der Waals surface area contributed by atoms with Gasteiger partial charge in [0.2, 0.25) is 0 Å². The molecule has 1 aliphatic rings. The van der Waals surface area contributed by atoms with E-state index < -0.39 is 0 Å². The molecule has 0 saturated carbocycles. The predicted molar refractivity (Wildman–Crippen MR) is 107 cm³/mol. The van der Waals surface area contributed by atoms with Gasteiger partial charge in [-0.05, 0) is 60.8 Å². The molecule has 2 aromatic rings. The molecule has 0 amide bonds. The molecule has 0 bridgehead atoms. The van der Waals surface area contributed by atoms with Crippen LogP contribution in [0.25, 0.3) is 0 Å². The maximum absolute atomic E-state index is 5.97. The molecular formula is C20H24BrClN2O. The molecule has 134 valence electrons. The zero-order valence-electron chi connectivity index (χ0n) is 14.2. The van der Waals surface area contributed by atoms with Crippen LogP contribution in [-0.4, -0.2) is 19.6 Å². The molecule has 2 N–H and O–H groups in total. The van der Waals surface area contributed by atoms with Gasteiger partial charge in [-0.15, -0.1) is 0 Å². The molecule has 3 rings (SSSR count). The van der Waals surface area contributed by atoms with E-state index in [-0.39, 0.29) is 0 Å². The zero-order chi connectivity index (χ0) is 17.5. The highest BCUT2D eigenvalue weighted by atomic mass is 79.9. The summed E-state index contributed by atoms with van der Waals surface area (Å²) < 4.78 is 6.85. The highest BCUT2D eigenvalue weighted by Crippen LogP contribution is 2.22. The molecule has 1 heterocycles. The number of rotatable bonds is 8. The van der Waals surface area contributed by atoms with Crippen LogP contribution >= 0.6 is 27.5 Å². The zero-order valence-corrected chi connectivity index (χ0v) is 16.6. The molecule has 25 heavy (non-hydrogen) atoms. The van der Waals surface area contributed by atoms with Crippen LogP contribution in [0.15, 0.2) is 46.9 Å². The minimum atomic E-state index is 0.564. The second kappa shape index (κ2) is 9.70. The van der Waals surface area contributed by atoms with Gasteiger partial charge >= 0.3 is 0 Å². The third-order valence-corrected chi connectivity index (χ3v) is 5.43. The van der Waals surface area contributed by atoms with E-state index in [2.05, 4.69) is 50.8 Å². The Morgan fingerprint density at radius 1 is 1.16 bits per heavy atom. The third-order valence-electron chi connectivity index (χ3n) is 4.46. The second-order valence-electron chi connectivity index (χ2n) is 6.54. The van der Waals surface area contributed by atoms with Gasteiger partial charge in [-0.25, -0.2) is 0 Å². The first-order valence-corrected chi connectivity index (χ1v) is 9.89. The van der Waals surface area contributed by atoms with E-state index in [1.54, 1.807) is 0 Å². The van der Waals surface area contributed by atoms with E-state index in [4.69, 9.17) is 16.3 Å². The molecule has 0 radical (unpaired) electrons. The van der Waals surface area contributed by atoms with Crippen molar-refractivity contribution in [2.24, 2.45) is 5.92 Å². The Morgan fingerprint density at radius 2 is 2.04 bits per heavy atom. The Bertz CT molecular complexity index is 689. The molecule has 2 aromatic carbocycles. The van der Waals surface area contributed by atoms with E-state index in [0.29, 0.717) is 13.2 Å². The molecule has 1 atom stereocenters. The van der Waals surface area contributed by atoms with Crippen molar-refractivity contribution in [3.63, 3.8) is 0 Å². The summed E-state index contributed by atoms with van der Waals surface area (Å²) in [4.78, 5) is 0. The molecular weight excluding hydrogens is 400 g/mol. The molecule has 1 unspecified atom stereocenters. The van der Waals surface area contributed by atoms with Crippen molar-refractivity contribution >= 4 is 27.5 Å². The number of ether oxygens (including phenoxy) is 1. The van der Waals surface area contributed by atoms with Gasteiger partial charge in [-0.3, -0.25) is 0 Å². The lowest BCUT2D eigenvalue weighted by molar-refractivity contribution is 0.106. The number of nitrogens with one attached hydrogen (secondary N) is 2. The Morgan fingerprint density at radius 3 is 2.84 bits per heavy atom. The van der Waals surface area contributed by atoms with Crippen molar-refractivity contribution in [3.8, 4) is 0 Å². The summed E-state index contributed by atoms with van der Waals surface area (Å²) in [6.45, 7) is 5.46. The molecule has 0 aliphatic carbocycles. The van der Waals surface area contributed by atoms with Crippen LogP contribution in [0.2, 0.25) is 5.02 Å². The molecule has 0 spiro atoms. The minimum absolute atomic E-state index is 0.564. The predicted octanol–water partition coefficient (Wildman–Crippen LogP) is 4.52. The van der Waals surface area contributed by atoms with Crippen LogP contribution in [0.5, 0.6) is 0 Å². The van der Waals surface area contributed by atoms with E-state index in [1.807, 2.05) is 18.2 Å². The third kappa shape index (κ3) is 6.08. The molecule has 0 aromatic heterocycles. The summed E-state index contributed by atoms with van der Waals surface area (Å²) in [6.07, 6.45) is 1.28. The fourth-order valence-electron chi connectivity index (χ4n) is 3.06. The lowest BCUT2D eigenvalue weighted by atomic mass is 10.1. The van der Waals surface area contributed by atoms with Crippen LogP contribution in [0.4, 0.5) is 0 Å². The van der Waals surface area contributed by atoms with E-state index in [9.17, 15) is 0 Å². The maximum atomic E-state index is 5.97. The van der Waals surface area contributed by atoms with Crippen LogP contribution in [0.3, 0.4) is 0 Å². The number of halogens is 2. The first-order chi connectivity index (χ1) is 12.2. The van der Waals surface area contributed by atoms with Crippen molar-refractivity contribution in [2.75, 3.05) is 19.6 Å². The van der Waals surface area contributed by atoms with Crippen LogP contribution in [-0.2, 0) is 24.5 Å². The topological polar surface area (TPSA) is 33.3 Å². The van der Waals surface area contributed by atoms with Gasteiger partial charge in [0.15, 0.2) is 0 Å². The first-order valence-electron chi connectivity index (χ1n) is 8.71. The van der Waals surface area contributed by atoms with Gasteiger partial charge in [-0.1, -0.05) is 57.9 Å². The average Bonchev–Trinajstić information content (AvgIpc) is 3.11. The lowest BCUT2D eigenvalue weighted by Gasteiger charge is -2.11. The largest absolute Gasteiger partial charge is 0.372 e. The summed E-state index contributed by atoms with van der Waals surface area (Å²) in [7, 11) is 0. The van der Waals surface area contributed by atoms with Crippen molar-refractivity contribution in [3.05, 3.63) is 68.7 Å². The van der Waals surface area contributed by atoms with E-state index in [0.717, 1.165) is 47.2 Å². The fraction of sp³-hybridized carbons (Fsp3) is 0.400. The highest BCUT2D eigenvalue weighted by Gasteiger charge is 2.13. The standard InChI is InChI=1S/C20H24BrClN2O/c21-20-9-19(22)5-4-18(20)14-25-13-16-3-1-2-15(8-16)10-24-12-17-6-7-23-11-17/h1-5,8-9,17,23-24H,6-7,10-14H2. The number of hydrogen-bond acceptors (Lipinski definition) is 3. The first kappa shape index (κ1) is 18.9. The second-order valence-corrected chi connectivity index (χ2v) is 7.83. The molecule has 1 saturated heterocycles. The van der Waals surface area contributed by atoms with Gasteiger partial charge in [0, 0.05) is 16.0 Å². The van der Waals surface area contributed by atoms with E-state index in [1.165, 1.54) is 17.5 Å². The van der Waals surface area contributed by atoms with Crippen molar-refractivity contribution in [1.29, 1.82) is 0 Å². The average molecular weight is 424 g/mol. The van der Waals surface area contributed by atoms with Crippen molar-refractivity contribution < 1.29 is 4.74 Å². The van der Waals surface area contributed by atoms with Gasteiger partial charge in [-0.2, -0.15) is 0 Å². The summed E-state index contributed by atoms with van der Waals surface area (Å²) in [5.41, 5.74) is 3.61. The van der Waals surface area contributed by atoms with Gasteiger partial charge < -0.3 is 15.4 Å². The Labute approximate surface area is 163 Å². The maximum Gasteiger partial charge on any atom is 0.0732 e. The van der Waals surface area contributed by atoms with Crippen molar-refractivity contribution in [1.82, 2.24) is 10.6 Å². The monoisotopic (exact) mass is 422 g/mol. The summed E-state index contributed by atoms with van der Waals surface area (Å²) >= 11 is 9.49. The van der Waals surface area contributed by atoms with Crippen molar-refractivity contribution in [2.45, 2.75) is 26.2 Å². The molecule has 1 aliphatic heterocycles. The van der Waals surface area contributed by atoms with E-state index >= 15 is 0 Å². The number of benzene rings is 2. The van der Waals surface area contributed by atoms with Gasteiger partial charge in [0.1, 0.15) is 0 Å². The van der Waals surface area contributed by atoms with Crippen LogP contribution < -0.4 is 10.6 Å². The van der Waals surface area contributed by atoms with Crippen LogP contribution in [0, 0.1) is 5.92 Å². The summed E-state index contributed by atoms with van der Waals surface area (Å²) in [6, 6.07) is 14.4. The Balaban J connectivity index is 1.44. The smallest absolute Gasteiger partial charge is 0.0732 e. The Kier molecular flexibility index (Phi) is 7.32. The Hall–Kier alpha value is -0.910. The van der Waals surface area contributed by atoms with Gasteiger partial charge in [0.05, 0.1) is 13.2 Å². The quantitative estimate of drug-likeness (QED) is 0.655. The molecule has 5 heteroatoms. The lowest BCUT2D eigenvalue weighted by Crippen LogP contribution is -2.24. The SMILES string of the molecule is Clc1ccc(COCc2cccc(CNCC3CCNC3)c2)c(Br)c1. The highest BCUT2D eigenvalue weighted by molar-refractivity contribution is 9.10. The molecule has 1 fully saturated rings. The number of hydrogen-bond donors (Lipinski definition) is 2. The fourth-order valence-corrected chi connectivity index (χ4v) is 3.85. The molecule has 3 nitrogen and oxygen atoms in total. The van der Waals surface area contributed by atoms with Crippen LogP contribution in [0.1, 0.15) is 23.1 Å².